The predicted octanol–water partition coefficient (Wildman–Crippen LogP) is -3.06. The average molecular weight is 480 g/mol. The van der Waals surface area contributed by atoms with E-state index in [4.69, 9.17) is 21.1 Å². The maximum atomic E-state index is 12.4. The zero-order valence-electron chi connectivity index (χ0n) is 17.3. The maximum Gasteiger partial charge on any atom is 0.326 e. The van der Waals surface area contributed by atoms with E-state index < -0.39 is 85.7 Å². The number of carboxylic acid groups (broad SMARTS) is 3. The predicted molar refractivity (Wildman–Crippen MR) is 111 cm³/mol. The second kappa shape index (κ2) is 15.0. The third-order valence-corrected chi connectivity index (χ3v) is 4.70. The number of carboxylic acids is 3. The highest BCUT2D eigenvalue weighted by Crippen LogP contribution is 2.03. The van der Waals surface area contributed by atoms with Crippen molar-refractivity contribution in [2.75, 3.05) is 18.6 Å². The molecule has 0 radical (unpaired) electrons. The third kappa shape index (κ3) is 11.5. The van der Waals surface area contributed by atoms with Gasteiger partial charge in [0.05, 0.1) is 19.1 Å². The number of hydrogen-bond acceptors (Lipinski definition) is 9. The van der Waals surface area contributed by atoms with Gasteiger partial charge in [0.25, 0.3) is 0 Å². The van der Waals surface area contributed by atoms with E-state index in [2.05, 4.69) is 10.6 Å². The molecule has 0 aliphatic rings. The van der Waals surface area contributed by atoms with Crippen LogP contribution in [0.1, 0.15) is 25.7 Å². The van der Waals surface area contributed by atoms with Crippen molar-refractivity contribution < 1.29 is 49.2 Å². The van der Waals surface area contributed by atoms with E-state index in [-0.39, 0.29) is 0 Å². The molecule has 0 rings (SSSR count). The summed E-state index contributed by atoms with van der Waals surface area (Å²) in [6.07, 6.45) is 0.0964. The molecule has 14 nitrogen and oxygen atoms in total. The van der Waals surface area contributed by atoms with Crippen molar-refractivity contribution in [2.24, 2.45) is 5.73 Å². The van der Waals surface area contributed by atoms with Crippen LogP contribution < -0.4 is 21.7 Å². The van der Waals surface area contributed by atoms with Gasteiger partial charge in [-0.05, 0) is 24.9 Å². The molecule has 0 aliphatic heterocycles. The average Bonchev–Trinajstić information content (AvgIpc) is 2.71. The second-order valence-electron chi connectivity index (χ2n) is 6.62. The summed E-state index contributed by atoms with van der Waals surface area (Å²) in [5.74, 6) is -6.82. The fourth-order valence-corrected chi connectivity index (χ4v) is 2.79. The molecule has 4 atom stereocenters. The highest BCUT2D eigenvalue weighted by molar-refractivity contribution is 7.98. The molecule has 0 fully saturated rings. The van der Waals surface area contributed by atoms with Gasteiger partial charge in [-0.3, -0.25) is 24.0 Å². The van der Waals surface area contributed by atoms with Crippen molar-refractivity contribution >= 4 is 47.4 Å². The molecule has 0 aromatic heterocycles. The molecule has 0 aromatic rings. The molecule has 4 unspecified atom stereocenters. The van der Waals surface area contributed by atoms with Crippen LogP contribution in [-0.2, 0) is 28.8 Å². The smallest absolute Gasteiger partial charge is 0.326 e. The lowest BCUT2D eigenvalue weighted by molar-refractivity contribution is -0.147. The van der Waals surface area contributed by atoms with Crippen molar-refractivity contribution in [3.63, 3.8) is 0 Å². The molecule has 0 spiro atoms. The summed E-state index contributed by atoms with van der Waals surface area (Å²) in [5.41, 5.74) is 5.69. The van der Waals surface area contributed by atoms with E-state index >= 15 is 0 Å². The third-order valence-electron chi connectivity index (χ3n) is 4.06. The number of thioether (sulfide) groups is 1. The lowest BCUT2D eigenvalue weighted by Crippen LogP contribution is -2.58. The number of aliphatic carboxylic acids is 3. The minimum atomic E-state index is -1.83. The first-order chi connectivity index (χ1) is 14.9. The largest absolute Gasteiger partial charge is 0.481 e. The van der Waals surface area contributed by atoms with Crippen LogP contribution in [0.25, 0.3) is 0 Å². The molecule has 0 saturated heterocycles. The molecule has 0 aliphatic carbocycles. The SMILES string of the molecule is CSCCC(N)C(=O)NC(CO)C(=O)NC(CCC(=O)O)C(=O)NC(CC(=O)O)C(=O)O. The van der Waals surface area contributed by atoms with Gasteiger partial charge >= 0.3 is 17.9 Å². The molecule has 182 valence electrons. The Balaban J connectivity index is 5.31. The Labute approximate surface area is 187 Å². The number of aliphatic hydroxyl groups is 1. The van der Waals surface area contributed by atoms with Crippen LogP contribution in [0.2, 0.25) is 0 Å². The second-order valence-corrected chi connectivity index (χ2v) is 7.61. The van der Waals surface area contributed by atoms with Crippen LogP contribution in [0, 0.1) is 0 Å². The summed E-state index contributed by atoms with van der Waals surface area (Å²) in [6, 6.07) is -5.88. The number of aliphatic hydroxyl groups excluding tert-OH is 1. The lowest BCUT2D eigenvalue weighted by atomic mass is 10.1. The summed E-state index contributed by atoms with van der Waals surface area (Å²) in [6.45, 7) is -0.864. The molecule has 0 bridgehead atoms. The van der Waals surface area contributed by atoms with Crippen molar-refractivity contribution in [3.8, 4) is 0 Å². The Hall–Kier alpha value is -2.91. The molecule has 0 saturated carbocycles. The standard InChI is InChI=1S/C17H28N4O10S/c1-32-5-4-8(18)14(27)21-11(7-22)16(29)19-9(2-3-12(23)24)15(28)20-10(17(30)31)6-13(25)26/h8-11,22H,2-7,18H2,1H3,(H,19,29)(H,20,28)(H,21,27)(H,23,24)(H,25,26)(H,30,31). The van der Waals surface area contributed by atoms with Crippen LogP contribution in [-0.4, -0.2) is 98.8 Å². The van der Waals surface area contributed by atoms with Crippen LogP contribution in [0.5, 0.6) is 0 Å². The van der Waals surface area contributed by atoms with Crippen molar-refractivity contribution in [2.45, 2.75) is 49.9 Å². The van der Waals surface area contributed by atoms with Gasteiger partial charge < -0.3 is 42.1 Å². The number of nitrogens with two attached hydrogens (primary N) is 1. The first-order valence-corrected chi connectivity index (χ1v) is 10.7. The molecule has 3 amide bonds. The molecule has 0 aromatic carbocycles. The van der Waals surface area contributed by atoms with E-state index in [1.54, 1.807) is 0 Å². The van der Waals surface area contributed by atoms with Gasteiger partial charge in [-0.1, -0.05) is 0 Å². The topological polar surface area (TPSA) is 245 Å². The molecule has 32 heavy (non-hydrogen) atoms. The number of nitrogens with one attached hydrogen (secondary N) is 3. The van der Waals surface area contributed by atoms with E-state index in [1.165, 1.54) is 11.8 Å². The normalized spacial score (nSPS) is 14.3. The first kappa shape index (κ1) is 29.1. The summed E-state index contributed by atoms with van der Waals surface area (Å²) < 4.78 is 0. The number of carbonyl (C=O) groups is 6. The van der Waals surface area contributed by atoms with Crippen LogP contribution >= 0.6 is 11.8 Å². The van der Waals surface area contributed by atoms with Gasteiger partial charge in [-0.25, -0.2) is 4.79 Å². The minimum absolute atomic E-state index is 0.302. The van der Waals surface area contributed by atoms with Crippen molar-refractivity contribution in [3.05, 3.63) is 0 Å². The zero-order valence-corrected chi connectivity index (χ0v) is 18.1. The number of rotatable bonds is 16. The van der Waals surface area contributed by atoms with Gasteiger partial charge in [0.2, 0.25) is 17.7 Å². The van der Waals surface area contributed by atoms with E-state index in [9.17, 15) is 33.9 Å². The van der Waals surface area contributed by atoms with Crippen LogP contribution in [0.15, 0.2) is 0 Å². The van der Waals surface area contributed by atoms with Gasteiger partial charge in [0.1, 0.15) is 18.1 Å². The number of hydrogen-bond donors (Lipinski definition) is 8. The molecule has 0 heterocycles. The van der Waals surface area contributed by atoms with Crippen molar-refractivity contribution in [1.29, 1.82) is 0 Å². The summed E-state index contributed by atoms with van der Waals surface area (Å²) in [4.78, 5) is 69.7. The van der Waals surface area contributed by atoms with Crippen LogP contribution in [0.4, 0.5) is 0 Å². The van der Waals surface area contributed by atoms with Gasteiger partial charge in [0.15, 0.2) is 0 Å². The Morgan fingerprint density at radius 3 is 1.81 bits per heavy atom. The Morgan fingerprint density at radius 2 is 1.34 bits per heavy atom. The molecular weight excluding hydrogens is 452 g/mol. The van der Waals surface area contributed by atoms with Gasteiger partial charge in [-0.2, -0.15) is 11.8 Å². The molecular formula is C17H28N4O10S. The fourth-order valence-electron chi connectivity index (χ4n) is 2.30. The quantitative estimate of drug-likeness (QED) is 0.110. The zero-order chi connectivity index (χ0) is 24.8. The van der Waals surface area contributed by atoms with E-state index in [0.717, 1.165) is 0 Å². The number of amides is 3. The summed E-state index contributed by atoms with van der Waals surface area (Å²) in [5, 5.41) is 42.3. The Bertz CT molecular complexity index is 705. The highest BCUT2D eigenvalue weighted by atomic mass is 32.2. The lowest BCUT2D eigenvalue weighted by Gasteiger charge is -2.24. The van der Waals surface area contributed by atoms with E-state index in [0.29, 0.717) is 12.2 Å². The summed E-state index contributed by atoms with van der Waals surface area (Å²) >= 11 is 1.45. The van der Waals surface area contributed by atoms with E-state index in [1.807, 2.05) is 11.6 Å². The number of carbonyl (C=O) groups excluding carboxylic acids is 3. The molecule has 9 N–H and O–H groups in total. The Kier molecular flexibility index (Phi) is 13.6. The van der Waals surface area contributed by atoms with Gasteiger partial charge in [0, 0.05) is 6.42 Å². The van der Waals surface area contributed by atoms with Gasteiger partial charge in [-0.15, -0.1) is 0 Å². The monoisotopic (exact) mass is 480 g/mol. The summed E-state index contributed by atoms with van der Waals surface area (Å²) in [7, 11) is 0. The Morgan fingerprint density at radius 1 is 0.812 bits per heavy atom. The molecule has 15 heteroatoms. The maximum absolute atomic E-state index is 12.4. The fraction of sp³-hybridized carbons (Fsp3) is 0.647. The van der Waals surface area contributed by atoms with Crippen molar-refractivity contribution in [1.82, 2.24) is 16.0 Å². The first-order valence-electron chi connectivity index (χ1n) is 9.35. The van der Waals surface area contributed by atoms with Crippen LogP contribution in [0.3, 0.4) is 0 Å². The minimum Gasteiger partial charge on any atom is -0.481 e. The highest BCUT2D eigenvalue weighted by Gasteiger charge is 2.31.